The van der Waals surface area contributed by atoms with Crippen molar-refractivity contribution in [1.29, 1.82) is 0 Å². The third-order valence-electron chi connectivity index (χ3n) is 7.43. The van der Waals surface area contributed by atoms with E-state index in [-0.39, 0.29) is 57.3 Å². The second kappa shape index (κ2) is 21.2. The van der Waals surface area contributed by atoms with E-state index in [1.165, 1.54) is 0 Å². The fourth-order valence-corrected chi connectivity index (χ4v) is 6.04. The van der Waals surface area contributed by atoms with Crippen molar-refractivity contribution < 1.29 is 53.7 Å². The summed E-state index contributed by atoms with van der Waals surface area (Å²) in [5.41, 5.74) is 10.5. The number of aliphatic hydroxyl groups is 2. The lowest BCUT2D eigenvalue weighted by Gasteiger charge is -2.26. The van der Waals surface area contributed by atoms with E-state index < -0.39 is 72.1 Å². The van der Waals surface area contributed by atoms with Crippen LogP contribution in [0.5, 0.6) is 0 Å². The van der Waals surface area contributed by atoms with Gasteiger partial charge in [0.25, 0.3) is 0 Å². The van der Waals surface area contributed by atoms with Crippen molar-refractivity contribution in [2.45, 2.75) is 24.0 Å². The van der Waals surface area contributed by atoms with E-state index in [9.17, 15) is 53.7 Å². The highest BCUT2D eigenvalue weighted by molar-refractivity contribution is 8.00. The number of carboxylic acids is 1. The van der Waals surface area contributed by atoms with Gasteiger partial charge in [-0.3, -0.25) is 58.0 Å². The van der Waals surface area contributed by atoms with E-state index in [1.54, 1.807) is 14.7 Å². The van der Waals surface area contributed by atoms with Gasteiger partial charge < -0.3 is 48.1 Å². The van der Waals surface area contributed by atoms with Gasteiger partial charge >= 0.3 is 5.97 Å². The third kappa shape index (κ3) is 15.9. The molecule has 0 aliphatic carbocycles. The molecule has 49 heavy (non-hydrogen) atoms. The Bertz CT molecular complexity index is 1210. The molecule has 2 atom stereocenters. The lowest BCUT2D eigenvalue weighted by Crippen LogP contribution is -2.50. The number of β-amino-alcohol motifs (C(OH)–C–C–N with tert-alkyl or cyclic N) is 2. The lowest BCUT2D eigenvalue weighted by molar-refractivity contribution is -0.139. The number of primary amides is 1. The van der Waals surface area contributed by atoms with Crippen LogP contribution in [-0.2, 0) is 38.4 Å². The van der Waals surface area contributed by atoms with E-state index >= 15 is 0 Å². The van der Waals surface area contributed by atoms with Gasteiger partial charge in [0.2, 0.25) is 41.4 Å². The average molecular weight is 719 g/mol. The number of aliphatic hydroxyl groups excluding tert-OH is 1. The van der Waals surface area contributed by atoms with Gasteiger partial charge in [0.05, 0.1) is 38.0 Å². The molecule has 0 spiro atoms. The van der Waals surface area contributed by atoms with Crippen LogP contribution < -0.4 is 32.7 Å². The van der Waals surface area contributed by atoms with Gasteiger partial charge in [-0.25, -0.2) is 0 Å². The zero-order chi connectivity index (χ0) is 36.5. The molecule has 22 heteroatoms. The van der Waals surface area contributed by atoms with Crippen LogP contribution in [-0.4, -0.2) is 197 Å². The molecule has 2 aliphatic rings. The monoisotopic (exact) mass is 718 g/mol. The highest BCUT2D eigenvalue weighted by Crippen LogP contribution is 2.25. The molecule has 1 unspecified atom stereocenters. The molecule has 0 aromatic heterocycles. The molecule has 11 N–H and O–H groups in total. The smallest absolute Gasteiger partial charge is 0.317 e. The molecule has 0 bridgehead atoms. The van der Waals surface area contributed by atoms with E-state index in [4.69, 9.17) is 11.5 Å². The molecule has 2 fully saturated rings. The van der Waals surface area contributed by atoms with Gasteiger partial charge in [-0.05, 0) is 0 Å². The minimum Gasteiger partial charge on any atom is -0.480 e. The molecular formula is C27H46N10O11S. The zero-order valence-electron chi connectivity index (χ0n) is 27.0. The first-order chi connectivity index (χ1) is 23.2. The number of carbonyl (C=O) groups is 8. The highest BCUT2D eigenvalue weighted by atomic mass is 32.2. The summed E-state index contributed by atoms with van der Waals surface area (Å²) in [6, 6.07) is -1.22. The molecule has 0 radical (unpaired) electrons. The van der Waals surface area contributed by atoms with Crippen LogP contribution >= 0.6 is 11.8 Å². The summed E-state index contributed by atoms with van der Waals surface area (Å²) in [7, 11) is 0. The second-order valence-corrected chi connectivity index (χ2v) is 12.5. The minimum absolute atomic E-state index is 0.0307. The van der Waals surface area contributed by atoms with Crippen LogP contribution in [0.4, 0.5) is 0 Å². The van der Waals surface area contributed by atoms with Gasteiger partial charge in [-0.2, -0.15) is 0 Å². The molecule has 0 saturated carbocycles. The van der Waals surface area contributed by atoms with Crippen molar-refractivity contribution in [1.82, 2.24) is 40.9 Å². The fourth-order valence-electron chi connectivity index (χ4n) is 4.83. The number of thioether (sulfide) groups is 1. The van der Waals surface area contributed by atoms with Gasteiger partial charge in [-0.15, -0.1) is 11.8 Å². The molecule has 0 aromatic rings. The number of nitrogens with two attached hydrogens (primary N) is 2. The Hall–Kier alpha value is -3.93. The van der Waals surface area contributed by atoms with Gasteiger partial charge in [0.1, 0.15) is 6.04 Å². The fraction of sp³-hybridized carbons (Fsp3) is 0.704. The van der Waals surface area contributed by atoms with Crippen LogP contribution in [0.2, 0.25) is 0 Å². The number of likely N-dealkylation sites (tertiary alicyclic amines) is 1. The Morgan fingerprint density at radius 3 is 1.96 bits per heavy atom. The number of hydrogen-bond donors (Lipinski definition) is 9. The first kappa shape index (κ1) is 41.2. The van der Waals surface area contributed by atoms with Gasteiger partial charge in [-0.1, -0.05) is 0 Å². The maximum atomic E-state index is 12.9. The Balaban J connectivity index is 1.80. The molecule has 7 amide bonds. The van der Waals surface area contributed by atoms with Crippen LogP contribution in [0.3, 0.4) is 0 Å². The summed E-state index contributed by atoms with van der Waals surface area (Å²) >= 11 is 0.948. The average Bonchev–Trinajstić information content (AvgIpc) is 3.34. The number of amides is 7. The summed E-state index contributed by atoms with van der Waals surface area (Å²) in [6.45, 7) is 0.735. The van der Waals surface area contributed by atoms with Crippen molar-refractivity contribution in [3.63, 3.8) is 0 Å². The minimum atomic E-state index is -1.57. The van der Waals surface area contributed by atoms with E-state index in [0.717, 1.165) is 16.7 Å². The second-order valence-electron chi connectivity index (χ2n) is 11.3. The largest absolute Gasteiger partial charge is 0.480 e. The van der Waals surface area contributed by atoms with Crippen LogP contribution in [0, 0.1) is 0 Å². The number of rotatable bonds is 19. The van der Waals surface area contributed by atoms with Crippen LogP contribution in [0.1, 0.15) is 6.42 Å². The van der Waals surface area contributed by atoms with Crippen LogP contribution in [0.25, 0.3) is 0 Å². The van der Waals surface area contributed by atoms with Gasteiger partial charge in [0, 0.05) is 71.1 Å². The maximum absolute atomic E-state index is 12.9. The van der Waals surface area contributed by atoms with E-state index in [0.29, 0.717) is 39.3 Å². The topological polar surface area (TPSA) is 310 Å². The predicted molar refractivity (Wildman–Crippen MR) is 172 cm³/mol. The van der Waals surface area contributed by atoms with E-state index in [1.807, 2.05) is 0 Å². The maximum Gasteiger partial charge on any atom is 0.317 e. The zero-order valence-corrected chi connectivity index (χ0v) is 27.8. The SMILES string of the molecule is NCC(=O)NCC(=O)NCC(=O)NC(CS[C@@H]1CC(=O)N(CCNC(=O)CN2CCN(CC(=O)O)CCN(CC(O)O)CC2)C1=O)C(N)=O. The molecule has 21 nitrogen and oxygen atoms in total. The molecule has 0 aromatic carbocycles. The van der Waals surface area contributed by atoms with Crippen molar-refractivity contribution in [2.24, 2.45) is 11.5 Å². The molecule has 2 aliphatic heterocycles. The molecule has 2 heterocycles. The first-order valence-electron chi connectivity index (χ1n) is 15.5. The number of carbonyl (C=O) groups excluding carboxylic acids is 7. The molecule has 276 valence electrons. The van der Waals surface area contributed by atoms with Crippen molar-refractivity contribution in [3.05, 3.63) is 0 Å². The van der Waals surface area contributed by atoms with Crippen molar-refractivity contribution in [3.8, 4) is 0 Å². The number of aliphatic carboxylic acids is 1. The third-order valence-corrected chi connectivity index (χ3v) is 8.72. The number of hydrogen-bond acceptors (Lipinski definition) is 15. The number of nitrogens with zero attached hydrogens (tertiary/aromatic N) is 4. The number of imide groups is 1. The molecule has 2 rings (SSSR count). The Morgan fingerprint density at radius 1 is 0.816 bits per heavy atom. The quantitative estimate of drug-likeness (QED) is 0.0442. The summed E-state index contributed by atoms with van der Waals surface area (Å²) in [4.78, 5) is 103. The standard InChI is InChI=1S/C27H46N10O11S/c28-10-19(38)31-11-20(39)32-12-21(40)33-17(26(29)47)16-49-18-9-23(42)37(27(18)48)2-1-30-22(41)13-34-3-5-35(14-24(43)44)7-8-36(6-4-34)15-25(45)46/h17-18,24,43-44H,1-16,28H2,(H2,29,47)(H,30,41)(H,31,38)(H,32,39)(H,33,40)(H,45,46)/t17?,18-/m1/s1. The Labute approximate surface area is 286 Å². The first-order valence-corrected chi connectivity index (χ1v) is 16.5. The predicted octanol–water partition coefficient (Wildman–Crippen LogP) is -7.56. The number of carboxylic acid groups (broad SMARTS) is 1. The highest BCUT2D eigenvalue weighted by Gasteiger charge is 2.39. The summed E-state index contributed by atoms with van der Waals surface area (Å²) in [6.07, 6.45) is -1.73. The summed E-state index contributed by atoms with van der Waals surface area (Å²) < 4.78 is 0. The Kier molecular flexibility index (Phi) is 17.9. The summed E-state index contributed by atoms with van der Waals surface area (Å²) in [5, 5.41) is 36.6. The summed E-state index contributed by atoms with van der Waals surface area (Å²) in [5.74, 6) is -5.42. The van der Waals surface area contributed by atoms with E-state index in [2.05, 4.69) is 21.3 Å². The normalized spacial score (nSPS) is 18.7. The Morgan fingerprint density at radius 2 is 1.39 bits per heavy atom. The van der Waals surface area contributed by atoms with Gasteiger partial charge in [0.15, 0.2) is 6.29 Å². The van der Waals surface area contributed by atoms with Crippen LogP contribution in [0.15, 0.2) is 0 Å². The number of nitrogens with one attached hydrogen (secondary N) is 4. The molecule has 2 saturated heterocycles. The van der Waals surface area contributed by atoms with Crippen molar-refractivity contribution >= 4 is 59.1 Å². The molecular weight excluding hydrogens is 672 g/mol. The lowest BCUT2D eigenvalue weighted by atomic mass is 10.3. The van der Waals surface area contributed by atoms with Crippen molar-refractivity contribution in [2.75, 3.05) is 97.4 Å².